The predicted molar refractivity (Wildman–Crippen MR) is 136 cm³/mol. The van der Waals surface area contributed by atoms with E-state index in [-0.39, 0.29) is 23.3 Å². The number of halogens is 1. The topological polar surface area (TPSA) is 113 Å². The van der Waals surface area contributed by atoms with Gasteiger partial charge in [0.2, 0.25) is 0 Å². The SMILES string of the molecule is COC(=O)[C@@H]1CCCN1c1ccc2[nH]c(C(NC(=O)c3conc3C)C3CCCCCCC3)nc2c1F. The van der Waals surface area contributed by atoms with E-state index in [2.05, 4.69) is 15.5 Å². The summed E-state index contributed by atoms with van der Waals surface area (Å²) in [4.78, 5) is 35.2. The molecule has 198 valence electrons. The Bertz CT molecular complexity index is 1260. The molecule has 1 aliphatic heterocycles. The monoisotopic (exact) mass is 511 g/mol. The lowest BCUT2D eigenvalue weighted by Gasteiger charge is -2.28. The normalized spacial score (nSPS) is 20.0. The third kappa shape index (κ3) is 5.06. The van der Waals surface area contributed by atoms with Gasteiger partial charge in [0, 0.05) is 6.54 Å². The molecule has 10 heteroatoms. The second-order valence-electron chi connectivity index (χ2n) is 10.2. The van der Waals surface area contributed by atoms with Crippen molar-refractivity contribution in [3.63, 3.8) is 0 Å². The number of imidazole rings is 1. The lowest BCUT2D eigenvalue weighted by Crippen LogP contribution is -2.37. The van der Waals surface area contributed by atoms with E-state index in [1.165, 1.54) is 19.8 Å². The number of carbonyl (C=O) groups is 2. The van der Waals surface area contributed by atoms with Crippen LogP contribution in [-0.4, -0.2) is 46.7 Å². The lowest BCUT2D eigenvalue weighted by molar-refractivity contribution is -0.141. The number of nitrogens with one attached hydrogen (secondary N) is 2. The highest BCUT2D eigenvalue weighted by molar-refractivity contribution is 5.95. The van der Waals surface area contributed by atoms with Gasteiger partial charge >= 0.3 is 5.97 Å². The fraction of sp³-hybridized carbons (Fsp3) is 0.556. The van der Waals surface area contributed by atoms with Crippen LogP contribution >= 0.6 is 0 Å². The number of H-pyrrole nitrogens is 1. The second-order valence-corrected chi connectivity index (χ2v) is 10.2. The average molecular weight is 512 g/mol. The summed E-state index contributed by atoms with van der Waals surface area (Å²) in [7, 11) is 1.35. The number of nitrogens with zero attached hydrogens (tertiary/aromatic N) is 3. The third-order valence-electron chi connectivity index (χ3n) is 7.82. The van der Waals surface area contributed by atoms with Crippen LogP contribution in [-0.2, 0) is 9.53 Å². The minimum absolute atomic E-state index is 0.162. The zero-order valence-corrected chi connectivity index (χ0v) is 21.4. The van der Waals surface area contributed by atoms with Crippen molar-refractivity contribution in [3.05, 3.63) is 41.3 Å². The summed E-state index contributed by atoms with van der Waals surface area (Å²) in [5, 5.41) is 6.98. The number of aryl methyl sites for hydroxylation is 1. The molecule has 0 bridgehead atoms. The summed E-state index contributed by atoms with van der Waals surface area (Å²) in [5.74, 6) is -0.436. The maximum absolute atomic E-state index is 15.9. The first kappa shape index (κ1) is 25.2. The van der Waals surface area contributed by atoms with Gasteiger partial charge in [-0.3, -0.25) is 4.79 Å². The molecule has 3 heterocycles. The van der Waals surface area contributed by atoms with E-state index < -0.39 is 17.9 Å². The molecule has 1 saturated heterocycles. The number of benzene rings is 1. The quantitative estimate of drug-likeness (QED) is 0.449. The van der Waals surface area contributed by atoms with Gasteiger partial charge in [-0.15, -0.1) is 0 Å². The summed E-state index contributed by atoms with van der Waals surface area (Å²) in [6.07, 6.45) is 10.4. The van der Waals surface area contributed by atoms with E-state index in [1.807, 2.05) is 0 Å². The van der Waals surface area contributed by atoms with Crippen LogP contribution in [0.25, 0.3) is 11.0 Å². The molecule has 2 atom stereocenters. The van der Waals surface area contributed by atoms with Crippen LogP contribution < -0.4 is 10.2 Å². The number of rotatable bonds is 6. The Balaban J connectivity index is 1.50. The van der Waals surface area contributed by atoms with E-state index in [1.54, 1.807) is 24.0 Å². The Morgan fingerprint density at radius 2 is 1.92 bits per heavy atom. The number of hydrogen-bond donors (Lipinski definition) is 2. The van der Waals surface area contributed by atoms with E-state index in [0.29, 0.717) is 41.3 Å². The van der Waals surface area contributed by atoms with Crippen molar-refractivity contribution >= 4 is 28.6 Å². The highest BCUT2D eigenvalue weighted by atomic mass is 19.1. The number of carbonyl (C=O) groups excluding carboxylic acids is 2. The van der Waals surface area contributed by atoms with E-state index >= 15 is 4.39 Å². The van der Waals surface area contributed by atoms with Gasteiger partial charge in [-0.1, -0.05) is 37.3 Å². The van der Waals surface area contributed by atoms with Crippen LogP contribution in [0.5, 0.6) is 0 Å². The van der Waals surface area contributed by atoms with Crippen LogP contribution in [0.4, 0.5) is 10.1 Å². The molecule has 0 spiro atoms. The zero-order chi connectivity index (χ0) is 25.9. The average Bonchev–Trinajstić information content (AvgIpc) is 3.62. The Kier molecular flexibility index (Phi) is 7.43. The fourth-order valence-electron chi connectivity index (χ4n) is 5.82. The van der Waals surface area contributed by atoms with Gasteiger partial charge in [-0.05, 0) is 50.7 Å². The second kappa shape index (κ2) is 10.9. The third-order valence-corrected chi connectivity index (χ3v) is 7.82. The summed E-state index contributed by atoms with van der Waals surface area (Å²) in [6, 6.07) is 2.55. The Hall–Kier alpha value is -3.43. The Morgan fingerprint density at radius 3 is 2.62 bits per heavy atom. The van der Waals surface area contributed by atoms with Gasteiger partial charge in [-0.2, -0.15) is 0 Å². The number of aromatic amines is 1. The van der Waals surface area contributed by atoms with Crippen LogP contribution in [0.1, 0.15) is 85.7 Å². The first-order valence-corrected chi connectivity index (χ1v) is 13.2. The van der Waals surface area contributed by atoms with Gasteiger partial charge in [0.25, 0.3) is 5.91 Å². The molecule has 1 saturated carbocycles. The van der Waals surface area contributed by atoms with Gasteiger partial charge in [0.05, 0.1) is 30.0 Å². The number of methoxy groups -OCH3 is 1. The molecular formula is C27H34FN5O4. The number of hydrogen-bond acceptors (Lipinski definition) is 7. The molecule has 2 fully saturated rings. The van der Waals surface area contributed by atoms with Crippen LogP contribution in [0.2, 0.25) is 0 Å². The van der Waals surface area contributed by atoms with Gasteiger partial charge < -0.3 is 24.5 Å². The van der Waals surface area contributed by atoms with Crippen molar-refractivity contribution in [2.45, 2.75) is 76.8 Å². The summed E-state index contributed by atoms with van der Waals surface area (Å²) < 4.78 is 25.8. The molecule has 1 amide bonds. The Morgan fingerprint density at radius 1 is 1.16 bits per heavy atom. The highest BCUT2D eigenvalue weighted by Gasteiger charge is 2.35. The zero-order valence-electron chi connectivity index (χ0n) is 21.4. The predicted octanol–water partition coefficient (Wildman–Crippen LogP) is 4.97. The minimum atomic E-state index is -0.510. The van der Waals surface area contributed by atoms with E-state index in [0.717, 1.165) is 44.9 Å². The molecule has 37 heavy (non-hydrogen) atoms. The molecular weight excluding hydrogens is 477 g/mol. The summed E-state index contributed by atoms with van der Waals surface area (Å²) in [6.45, 7) is 2.29. The maximum atomic E-state index is 15.9. The molecule has 1 aromatic carbocycles. The Labute approximate surface area is 215 Å². The molecule has 2 N–H and O–H groups in total. The van der Waals surface area contributed by atoms with Gasteiger partial charge in [0.15, 0.2) is 5.82 Å². The van der Waals surface area contributed by atoms with Crippen LogP contribution in [0.15, 0.2) is 22.9 Å². The number of esters is 1. The number of ether oxygens (including phenoxy) is 1. The number of fused-ring (bicyclic) bond motifs is 1. The first-order valence-electron chi connectivity index (χ1n) is 13.2. The molecule has 9 nitrogen and oxygen atoms in total. The minimum Gasteiger partial charge on any atom is -0.467 e. The highest BCUT2D eigenvalue weighted by Crippen LogP contribution is 2.36. The number of amides is 1. The first-order chi connectivity index (χ1) is 18.0. The van der Waals surface area contributed by atoms with Crippen molar-refractivity contribution in [1.29, 1.82) is 0 Å². The fourth-order valence-corrected chi connectivity index (χ4v) is 5.82. The van der Waals surface area contributed by atoms with Crippen molar-refractivity contribution in [3.8, 4) is 0 Å². The molecule has 1 aliphatic carbocycles. The molecule has 2 aliphatic rings. The molecule has 2 aromatic heterocycles. The smallest absolute Gasteiger partial charge is 0.328 e. The van der Waals surface area contributed by atoms with E-state index in [9.17, 15) is 9.59 Å². The molecule has 5 rings (SSSR count). The molecule has 1 unspecified atom stereocenters. The lowest BCUT2D eigenvalue weighted by atomic mass is 9.85. The number of anilines is 1. The van der Waals surface area contributed by atoms with Crippen LogP contribution in [0.3, 0.4) is 0 Å². The summed E-state index contributed by atoms with van der Waals surface area (Å²) >= 11 is 0. The van der Waals surface area contributed by atoms with Crippen molar-refractivity contribution in [2.75, 3.05) is 18.6 Å². The molecule has 3 aromatic rings. The van der Waals surface area contributed by atoms with Crippen molar-refractivity contribution in [1.82, 2.24) is 20.4 Å². The van der Waals surface area contributed by atoms with Crippen LogP contribution in [0, 0.1) is 18.7 Å². The van der Waals surface area contributed by atoms with E-state index in [4.69, 9.17) is 14.2 Å². The summed E-state index contributed by atoms with van der Waals surface area (Å²) in [5.41, 5.74) is 1.99. The van der Waals surface area contributed by atoms with Gasteiger partial charge in [-0.25, -0.2) is 14.2 Å². The largest absolute Gasteiger partial charge is 0.467 e. The van der Waals surface area contributed by atoms with Crippen molar-refractivity contribution < 1.29 is 23.2 Å². The van der Waals surface area contributed by atoms with Gasteiger partial charge in [0.1, 0.15) is 29.2 Å². The molecule has 0 radical (unpaired) electrons. The standard InChI is InChI=1S/C27H34FN5O4/c1-16-18(15-37-32-16)26(34)31-23(17-9-6-4-3-5-7-10-17)25-29-19-12-13-20(22(28)24(19)30-25)33-14-8-11-21(33)27(35)36-2/h12-13,15,17,21,23H,3-11,14H2,1-2H3,(H,29,30)(H,31,34)/t21-,23?/m0/s1. The van der Waals surface area contributed by atoms with Crippen molar-refractivity contribution in [2.24, 2.45) is 5.92 Å². The maximum Gasteiger partial charge on any atom is 0.328 e. The number of aromatic nitrogens is 3.